The van der Waals surface area contributed by atoms with Crippen molar-refractivity contribution in [3.63, 3.8) is 0 Å². The summed E-state index contributed by atoms with van der Waals surface area (Å²) in [4.78, 5) is 25.8. The Morgan fingerprint density at radius 1 is 0.875 bits per heavy atom. The summed E-state index contributed by atoms with van der Waals surface area (Å²) in [5, 5.41) is 17.1. The maximum Gasteiger partial charge on any atom is 0.264 e. The van der Waals surface area contributed by atoms with E-state index in [0.29, 0.717) is 28.7 Å². The van der Waals surface area contributed by atoms with Crippen LogP contribution in [0.3, 0.4) is 0 Å². The second-order valence-corrected chi connectivity index (χ2v) is 7.84. The molecule has 1 N–H and O–H groups in total. The summed E-state index contributed by atoms with van der Waals surface area (Å²) < 4.78 is 4.82. The SMILES string of the molecule is CCc1cc(-c2c(O)c3ccccc3n(C)c2=O)nn1-c1cc(=O)n(C)c2ccccc12. The third-order valence-electron chi connectivity index (χ3n) is 6.04. The molecule has 3 heterocycles. The second-order valence-electron chi connectivity index (χ2n) is 7.84. The fourth-order valence-electron chi connectivity index (χ4n) is 4.28. The van der Waals surface area contributed by atoms with Gasteiger partial charge in [0, 0.05) is 36.6 Å². The van der Waals surface area contributed by atoms with Crippen LogP contribution in [0.4, 0.5) is 0 Å². The molecule has 0 saturated carbocycles. The number of aryl methyl sites for hydroxylation is 3. The summed E-state index contributed by atoms with van der Waals surface area (Å²) in [6.45, 7) is 1.99. The van der Waals surface area contributed by atoms with Gasteiger partial charge in [-0.2, -0.15) is 5.10 Å². The highest BCUT2D eigenvalue weighted by Crippen LogP contribution is 2.33. The average Bonchev–Trinajstić information content (AvgIpc) is 3.24. The first-order valence-corrected chi connectivity index (χ1v) is 10.4. The Hall–Kier alpha value is -4.13. The van der Waals surface area contributed by atoms with Gasteiger partial charge in [-0.15, -0.1) is 0 Å². The van der Waals surface area contributed by atoms with Crippen molar-refractivity contribution in [1.82, 2.24) is 18.9 Å². The van der Waals surface area contributed by atoms with Gasteiger partial charge in [-0.3, -0.25) is 9.59 Å². The Bertz CT molecular complexity index is 1640. The molecular weight excluding hydrogens is 404 g/mol. The van der Waals surface area contributed by atoms with Crippen molar-refractivity contribution in [2.45, 2.75) is 13.3 Å². The average molecular weight is 426 g/mol. The molecule has 5 aromatic rings. The third-order valence-corrected chi connectivity index (χ3v) is 6.04. The third kappa shape index (κ3) is 2.78. The summed E-state index contributed by atoms with van der Waals surface area (Å²) in [7, 11) is 3.42. The minimum Gasteiger partial charge on any atom is -0.506 e. The van der Waals surface area contributed by atoms with Crippen molar-refractivity contribution >= 4 is 21.8 Å². The minimum atomic E-state index is -0.331. The lowest BCUT2D eigenvalue weighted by molar-refractivity contribution is 0.481. The van der Waals surface area contributed by atoms with E-state index in [1.165, 1.54) is 4.57 Å². The van der Waals surface area contributed by atoms with Crippen LogP contribution >= 0.6 is 0 Å². The van der Waals surface area contributed by atoms with Crippen LogP contribution in [0.15, 0.2) is 70.3 Å². The maximum absolute atomic E-state index is 13.2. The van der Waals surface area contributed by atoms with Crippen LogP contribution < -0.4 is 11.1 Å². The van der Waals surface area contributed by atoms with E-state index in [2.05, 4.69) is 0 Å². The van der Waals surface area contributed by atoms with Crippen molar-refractivity contribution < 1.29 is 5.11 Å². The van der Waals surface area contributed by atoms with E-state index in [1.807, 2.05) is 43.3 Å². The van der Waals surface area contributed by atoms with Gasteiger partial charge in [0.05, 0.1) is 16.7 Å². The zero-order chi connectivity index (χ0) is 22.6. The molecule has 0 atom stereocenters. The zero-order valence-electron chi connectivity index (χ0n) is 18.0. The monoisotopic (exact) mass is 426 g/mol. The lowest BCUT2D eigenvalue weighted by atomic mass is 10.1. The Morgan fingerprint density at radius 2 is 1.50 bits per heavy atom. The number of benzene rings is 2. The highest BCUT2D eigenvalue weighted by molar-refractivity contribution is 5.92. The number of nitrogens with zero attached hydrogens (tertiary/aromatic N) is 4. The van der Waals surface area contributed by atoms with Gasteiger partial charge >= 0.3 is 0 Å². The Balaban J connectivity index is 1.83. The molecule has 0 spiro atoms. The number of pyridine rings is 2. The van der Waals surface area contributed by atoms with E-state index in [9.17, 15) is 14.7 Å². The quantitative estimate of drug-likeness (QED) is 0.479. The van der Waals surface area contributed by atoms with E-state index in [-0.39, 0.29) is 22.4 Å². The number of hydrogen-bond acceptors (Lipinski definition) is 4. The van der Waals surface area contributed by atoms with Gasteiger partial charge < -0.3 is 14.2 Å². The standard InChI is InChI=1S/C25H22N4O3/c1-4-15-13-18(23-24(31)17-10-6-8-12-20(17)28(3)25(23)32)26-29(15)21-14-22(30)27(2)19-11-7-5-9-16(19)21/h5-14,31H,4H2,1-3H3. The predicted molar refractivity (Wildman–Crippen MR) is 126 cm³/mol. The van der Waals surface area contributed by atoms with E-state index in [1.54, 1.807) is 47.6 Å². The molecule has 5 rings (SSSR count). The van der Waals surface area contributed by atoms with Gasteiger partial charge in [0.1, 0.15) is 17.0 Å². The predicted octanol–water partition coefficient (Wildman–Crippen LogP) is 3.51. The van der Waals surface area contributed by atoms with Crippen LogP contribution in [0, 0.1) is 0 Å². The smallest absolute Gasteiger partial charge is 0.264 e. The lowest BCUT2D eigenvalue weighted by Gasteiger charge is -2.12. The van der Waals surface area contributed by atoms with Crippen molar-refractivity contribution in [1.29, 1.82) is 0 Å². The number of aromatic nitrogens is 4. The largest absolute Gasteiger partial charge is 0.506 e. The number of fused-ring (bicyclic) bond motifs is 2. The van der Waals surface area contributed by atoms with Crippen LogP contribution in [0.25, 0.3) is 38.8 Å². The molecule has 0 aliphatic heterocycles. The van der Waals surface area contributed by atoms with Crippen LogP contribution in [0.1, 0.15) is 12.6 Å². The first-order valence-electron chi connectivity index (χ1n) is 10.4. The van der Waals surface area contributed by atoms with Crippen molar-refractivity contribution in [3.05, 3.63) is 87.1 Å². The van der Waals surface area contributed by atoms with Gasteiger partial charge in [0.25, 0.3) is 11.1 Å². The van der Waals surface area contributed by atoms with Crippen molar-refractivity contribution in [2.24, 2.45) is 14.1 Å². The zero-order valence-corrected chi connectivity index (χ0v) is 18.0. The maximum atomic E-state index is 13.2. The molecule has 7 heteroatoms. The second kappa shape index (κ2) is 7.23. The number of hydrogen-bond donors (Lipinski definition) is 1. The fourth-order valence-corrected chi connectivity index (χ4v) is 4.28. The Morgan fingerprint density at radius 3 is 2.19 bits per heavy atom. The Labute approximate surface area is 183 Å². The van der Waals surface area contributed by atoms with Crippen molar-refractivity contribution in [3.8, 4) is 22.7 Å². The van der Waals surface area contributed by atoms with Crippen LogP contribution in [0.2, 0.25) is 0 Å². The molecule has 0 saturated heterocycles. The first-order chi connectivity index (χ1) is 15.4. The fraction of sp³-hybridized carbons (Fsp3) is 0.160. The topological polar surface area (TPSA) is 82.1 Å². The summed E-state index contributed by atoms with van der Waals surface area (Å²) in [5.41, 5.74) is 2.94. The van der Waals surface area contributed by atoms with Gasteiger partial charge in [0.2, 0.25) is 0 Å². The molecule has 0 unspecified atom stereocenters. The molecule has 2 aromatic carbocycles. The summed E-state index contributed by atoms with van der Waals surface area (Å²) in [6.07, 6.45) is 0.630. The number of para-hydroxylation sites is 2. The van der Waals surface area contributed by atoms with Crippen LogP contribution in [0.5, 0.6) is 5.75 Å². The lowest BCUT2D eigenvalue weighted by Crippen LogP contribution is -2.20. The first kappa shape index (κ1) is 19.8. The molecule has 0 amide bonds. The molecule has 0 aliphatic rings. The normalized spacial score (nSPS) is 11.5. The molecule has 160 valence electrons. The summed E-state index contributed by atoms with van der Waals surface area (Å²) >= 11 is 0. The summed E-state index contributed by atoms with van der Waals surface area (Å²) in [5.74, 6) is -0.0927. The molecule has 0 aliphatic carbocycles. The summed E-state index contributed by atoms with van der Waals surface area (Å²) in [6, 6.07) is 18.2. The van der Waals surface area contributed by atoms with E-state index in [4.69, 9.17) is 5.10 Å². The van der Waals surface area contributed by atoms with Gasteiger partial charge in [-0.1, -0.05) is 37.3 Å². The number of aromatic hydroxyl groups is 1. The molecule has 0 radical (unpaired) electrons. The highest BCUT2D eigenvalue weighted by Gasteiger charge is 2.21. The van der Waals surface area contributed by atoms with Crippen LogP contribution in [-0.2, 0) is 20.5 Å². The van der Waals surface area contributed by atoms with Gasteiger partial charge in [0.15, 0.2) is 0 Å². The number of rotatable bonds is 3. The van der Waals surface area contributed by atoms with Gasteiger partial charge in [-0.25, -0.2) is 4.68 Å². The van der Waals surface area contributed by atoms with Crippen LogP contribution in [-0.4, -0.2) is 24.0 Å². The van der Waals surface area contributed by atoms with Gasteiger partial charge in [-0.05, 0) is 30.7 Å². The minimum absolute atomic E-state index is 0.0927. The molecule has 0 bridgehead atoms. The highest BCUT2D eigenvalue weighted by atomic mass is 16.3. The molecule has 7 nitrogen and oxygen atoms in total. The van der Waals surface area contributed by atoms with E-state index < -0.39 is 0 Å². The molecule has 32 heavy (non-hydrogen) atoms. The Kier molecular flexibility index (Phi) is 4.48. The molecular formula is C25H22N4O3. The molecule has 3 aromatic heterocycles. The van der Waals surface area contributed by atoms with E-state index in [0.717, 1.165) is 16.6 Å². The molecule has 0 fully saturated rings. The van der Waals surface area contributed by atoms with Crippen molar-refractivity contribution in [2.75, 3.05) is 0 Å². The van der Waals surface area contributed by atoms with E-state index >= 15 is 0 Å².